The summed E-state index contributed by atoms with van der Waals surface area (Å²) in [5, 5.41) is 0.447. The van der Waals surface area contributed by atoms with Crippen molar-refractivity contribution in [2.75, 3.05) is 5.12 Å². The maximum absolute atomic E-state index is 12.9. The molecule has 1 amide bonds. The van der Waals surface area contributed by atoms with E-state index in [9.17, 15) is 9.28 Å². The third kappa shape index (κ3) is 1.95. The summed E-state index contributed by atoms with van der Waals surface area (Å²) < 4.78 is 12.9. The fourth-order valence-electron chi connectivity index (χ4n) is 0.780. The lowest BCUT2D eigenvalue weighted by atomic mass is 10.3. The van der Waals surface area contributed by atoms with E-state index in [1.165, 1.54) is 12.1 Å². The van der Waals surface area contributed by atoms with Gasteiger partial charge in [0.05, 0.1) is 5.69 Å². The SMILES string of the molecule is CC(=O)N(F)c1cccc(Cl)c1. The molecule has 0 unspecified atom stereocenters. The molecule has 12 heavy (non-hydrogen) atoms. The van der Waals surface area contributed by atoms with E-state index in [0.717, 1.165) is 6.92 Å². The molecule has 0 aliphatic rings. The van der Waals surface area contributed by atoms with E-state index in [1.54, 1.807) is 12.1 Å². The van der Waals surface area contributed by atoms with Gasteiger partial charge in [0.1, 0.15) is 0 Å². The van der Waals surface area contributed by atoms with Gasteiger partial charge in [0, 0.05) is 11.9 Å². The zero-order valence-corrected chi connectivity index (χ0v) is 7.18. The zero-order chi connectivity index (χ0) is 9.14. The molecule has 0 bridgehead atoms. The van der Waals surface area contributed by atoms with Crippen molar-refractivity contribution in [2.45, 2.75) is 6.92 Å². The van der Waals surface area contributed by atoms with E-state index >= 15 is 0 Å². The Labute approximate surface area is 74.5 Å². The fraction of sp³-hybridized carbons (Fsp3) is 0.125. The van der Waals surface area contributed by atoms with Gasteiger partial charge in [-0.05, 0) is 18.2 Å². The molecule has 0 radical (unpaired) electrons. The molecule has 4 heteroatoms. The van der Waals surface area contributed by atoms with Crippen LogP contribution in [0.5, 0.6) is 0 Å². The van der Waals surface area contributed by atoms with Crippen LogP contribution in [-0.2, 0) is 4.79 Å². The number of nitrogens with zero attached hydrogens (tertiary/aromatic N) is 1. The fourth-order valence-corrected chi connectivity index (χ4v) is 0.965. The number of rotatable bonds is 1. The van der Waals surface area contributed by atoms with Crippen LogP contribution < -0.4 is 5.12 Å². The van der Waals surface area contributed by atoms with Crippen LogP contribution in [0.2, 0.25) is 5.02 Å². The topological polar surface area (TPSA) is 20.3 Å². The predicted molar refractivity (Wildman–Crippen MR) is 45.7 cm³/mol. The zero-order valence-electron chi connectivity index (χ0n) is 6.42. The van der Waals surface area contributed by atoms with Crippen LogP contribution >= 0.6 is 11.6 Å². The van der Waals surface area contributed by atoms with E-state index in [2.05, 4.69) is 0 Å². The van der Waals surface area contributed by atoms with Crippen molar-refractivity contribution in [3.63, 3.8) is 0 Å². The highest BCUT2D eigenvalue weighted by Gasteiger charge is 2.09. The van der Waals surface area contributed by atoms with Crippen molar-refractivity contribution in [2.24, 2.45) is 0 Å². The van der Waals surface area contributed by atoms with Crippen LogP contribution in [0.4, 0.5) is 10.2 Å². The maximum atomic E-state index is 12.9. The first kappa shape index (κ1) is 9.00. The van der Waals surface area contributed by atoms with Gasteiger partial charge in [0.25, 0.3) is 5.91 Å². The Morgan fingerprint density at radius 3 is 2.75 bits per heavy atom. The number of hydrogen-bond acceptors (Lipinski definition) is 1. The van der Waals surface area contributed by atoms with Crippen LogP contribution in [0.3, 0.4) is 0 Å². The van der Waals surface area contributed by atoms with Crippen molar-refractivity contribution in [3.05, 3.63) is 29.3 Å². The Hall–Kier alpha value is -1.09. The summed E-state index contributed by atoms with van der Waals surface area (Å²) in [6, 6.07) is 6.03. The first-order valence-electron chi connectivity index (χ1n) is 3.33. The summed E-state index contributed by atoms with van der Waals surface area (Å²) in [6.07, 6.45) is 0. The first-order valence-corrected chi connectivity index (χ1v) is 3.71. The van der Waals surface area contributed by atoms with Gasteiger partial charge in [-0.3, -0.25) is 4.79 Å². The minimum atomic E-state index is -0.669. The Kier molecular flexibility index (Phi) is 2.65. The first-order chi connectivity index (χ1) is 5.61. The minimum Gasteiger partial charge on any atom is -0.272 e. The highest BCUT2D eigenvalue weighted by Crippen LogP contribution is 2.19. The molecule has 0 N–H and O–H groups in total. The second-order valence-corrected chi connectivity index (χ2v) is 2.72. The molecule has 0 fully saturated rings. The van der Waals surface area contributed by atoms with Gasteiger partial charge >= 0.3 is 0 Å². The smallest absolute Gasteiger partial charge is 0.251 e. The molecule has 0 aromatic heterocycles. The maximum Gasteiger partial charge on any atom is 0.251 e. The molecular weight excluding hydrogens is 181 g/mol. The van der Waals surface area contributed by atoms with Gasteiger partial charge in [0.15, 0.2) is 0 Å². The lowest BCUT2D eigenvalue weighted by Crippen LogP contribution is -2.17. The molecule has 2 nitrogen and oxygen atoms in total. The number of hydrogen-bond donors (Lipinski definition) is 0. The molecule has 0 aliphatic carbocycles. The number of carbonyl (C=O) groups excluding carboxylic acids is 1. The highest BCUT2D eigenvalue weighted by molar-refractivity contribution is 6.30. The third-order valence-electron chi connectivity index (χ3n) is 1.31. The summed E-state index contributed by atoms with van der Waals surface area (Å²) in [4.78, 5) is 10.6. The number of amides is 1. The van der Waals surface area contributed by atoms with E-state index in [4.69, 9.17) is 11.6 Å². The minimum absolute atomic E-state index is 0.0475. The second-order valence-electron chi connectivity index (χ2n) is 2.28. The largest absolute Gasteiger partial charge is 0.272 e. The Morgan fingerprint density at radius 2 is 2.25 bits per heavy atom. The molecule has 0 spiro atoms. The predicted octanol–water partition coefficient (Wildman–Crippen LogP) is 2.58. The van der Waals surface area contributed by atoms with Gasteiger partial charge in [-0.1, -0.05) is 22.1 Å². The average molecular weight is 188 g/mol. The normalized spacial score (nSPS) is 9.58. The molecule has 1 rings (SSSR count). The lowest BCUT2D eigenvalue weighted by Gasteiger charge is -2.08. The molecular formula is C8H7ClFNO. The van der Waals surface area contributed by atoms with Crippen LogP contribution in [0.15, 0.2) is 24.3 Å². The van der Waals surface area contributed by atoms with Gasteiger partial charge in [0.2, 0.25) is 0 Å². The average Bonchev–Trinajstić information content (AvgIpc) is 2.03. The Balaban J connectivity index is 2.95. The van der Waals surface area contributed by atoms with Crippen molar-refractivity contribution >= 4 is 23.2 Å². The van der Waals surface area contributed by atoms with Crippen LogP contribution in [0, 0.1) is 0 Å². The van der Waals surface area contributed by atoms with E-state index in [0.29, 0.717) is 5.02 Å². The molecule has 0 saturated heterocycles. The van der Waals surface area contributed by atoms with Gasteiger partial charge in [-0.2, -0.15) is 0 Å². The highest BCUT2D eigenvalue weighted by atomic mass is 35.5. The molecule has 0 saturated carbocycles. The van der Waals surface area contributed by atoms with Gasteiger partial charge < -0.3 is 0 Å². The summed E-state index contributed by atoms with van der Waals surface area (Å²) in [7, 11) is 0. The van der Waals surface area contributed by atoms with Gasteiger partial charge in [-0.25, -0.2) is 0 Å². The van der Waals surface area contributed by atoms with Crippen LogP contribution in [0.25, 0.3) is 0 Å². The summed E-state index contributed by atoms with van der Waals surface area (Å²) in [5.41, 5.74) is 0.148. The lowest BCUT2D eigenvalue weighted by molar-refractivity contribution is -0.119. The Morgan fingerprint density at radius 1 is 1.58 bits per heavy atom. The van der Waals surface area contributed by atoms with Crippen molar-refractivity contribution < 1.29 is 9.28 Å². The molecule has 0 atom stereocenters. The molecule has 1 aromatic rings. The van der Waals surface area contributed by atoms with Crippen molar-refractivity contribution in [3.8, 4) is 0 Å². The second kappa shape index (κ2) is 3.54. The molecule has 64 valence electrons. The Bertz CT molecular complexity index is 303. The number of carbonyl (C=O) groups is 1. The summed E-state index contributed by atoms with van der Waals surface area (Å²) >= 11 is 5.59. The molecule has 0 heterocycles. The van der Waals surface area contributed by atoms with Crippen molar-refractivity contribution in [1.82, 2.24) is 0 Å². The monoisotopic (exact) mass is 187 g/mol. The number of benzene rings is 1. The number of anilines is 1. The molecule has 0 aliphatic heterocycles. The van der Waals surface area contributed by atoms with E-state index in [-0.39, 0.29) is 10.8 Å². The summed E-state index contributed by atoms with van der Waals surface area (Å²) in [5.74, 6) is -0.669. The third-order valence-corrected chi connectivity index (χ3v) is 1.55. The summed E-state index contributed by atoms with van der Waals surface area (Å²) in [6.45, 7) is 1.14. The quantitative estimate of drug-likeness (QED) is 0.619. The number of halogens is 2. The van der Waals surface area contributed by atoms with Crippen LogP contribution in [0.1, 0.15) is 6.92 Å². The molecule has 1 aromatic carbocycles. The van der Waals surface area contributed by atoms with Crippen LogP contribution in [-0.4, -0.2) is 5.91 Å². The van der Waals surface area contributed by atoms with Gasteiger partial charge in [-0.15, -0.1) is 5.12 Å². The standard InChI is InChI=1S/C8H7ClFNO/c1-6(12)11(10)8-4-2-3-7(9)5-8/h2-5H,1H3. The van der Waals surface area contributed by atoms with E-state index in [1.807, 2.05) is 0 Å². The van der Waals surface area contributed by atoms with E-state index < -0.39 is 5.91 Å². The van der Waals surface area contributed by atoms with Crippen molar-refractivity contribution in [1.29, 1.82) is 0 Å².